The van der Waals surface area contributed by atoms with Crippen molar-refractivity contribution < 1.29 is 37.0 Å². The Morgan fingerprint density at radius 3 is 2.53 bits per heavy atom. The Hall–Kier alpha value is -3.24. The molecule has 2 aromatic rings. The molecule has 8 nitrogen and oxygen atoms in total. The number of halogens is 3. The van der Waals surface area contributed by atoms with Crippen LogP contribution in [0, 0.1) is 0 Å². The highest BCUT2D eigenvalue weighted by Gasteiger charge is 2.45. The topological polar surface area (TPSA) is 91.7 Å². The van der Waals surface area contributed by atoms with Gasteiger partial charge in [-0.2, -0.15) is 18.3 Å². The fraction of sp³-hybridized carbons (Fsp3) is 0.421. The minimum atomic E-state index is -4.51. The van der Waals surface area contributed by atoms with Crippen molar-refractivity contribution in [3.63, 3.8) is 0 Å². The molecule has 0 unspecified atom stereocenters. The SMILES string of the molecule is COc1ccc(C(=O)COC(=O)c2cc3n(n2)[C@@H](C(F)(F)F)C[C@H](C)N3)cc1OC. The molecule has 1 aromatic carbocycles. The number of hydrogen-bond acceptors (Lipinski definition) is 7. The number of aromatic nitrogens is 2. The van der Waals surface area contributed by atoms with E-state index >= 15 is 0 Å². The van der Waals surface area contributed by atoms with E-state index in [1.165, 1.54) is 38.5 Å². The normalized spacial score (nSPS) is 18.2. The molecule has 1 aliphatic heterocycles. The first-order valence-electron chi connectivity index (χ1n) is 8.99. The summed E-state index contributed by atoms with van der Waals surface area (Å²) < 4.78 is 55.8. The van der Waals surface area contributed by atoms with Crippen molar-refractivity contribution in [1.29, 1.82) is 0 Å². The van der Waals surface area contributed by atoms with Crippen LogP contribution in [0.3, 0.4) is 0 Å². The zero-order valence-electron chi connectivity index (χ0n) is 16.4. The number of ketones is 1. The van der Waals surface area contributed by atoms with Gasteiger partial charge in [0.05, 0.1) is 14.2 Å². The van der Waals surface area contributed by atoms with Crippen LogP contribution in [0.1, 0.15) is 40.2 Å². The van der Waals surface area contributed by atoms with E-state index in [0.717, 1.165) is 4.68 Å². The number of Topliss-reactive ketones (excluding diaryl/α,β-unsaturated/α-hetero) is 1. The summed E-state index contributed by atoms with van der Waals surface area (Å²) in [5.41, 5.74) is -0.0989. The van der Waals surface area contributed by atoms with Crippen LogP contribution < -0.4 is 14.8 Å². The molecule has 0 saturated carbocycles. The average molecular weight is 427 g/mol. The van der Waals surface area contributed by atoms with Crippen LogP contribution in [-0.2, 0) is 4.74 Å². The number of esters is 1. The minimum absolute atomic E-state index is 0.0641. The van der Waals surface area contributed by atoms with Crippen molar-refractivity contribution in [2.24, 2.45) is 0 Å². The first-order valence-corrected chi connectivity index (χ1v) is 8.99. The van der Waals surface area contributed by atoms with Gasteiger partial charge in [-0.05, 0) is 31.5 Å². The number of carbonyl (C=O) groups is 2. The number of rotatable bonds is 6. The number of anilines is 1. The van der Waals surface area contributed by atoms with E-state index in [2.05, 4.69) is 10.4 Å². The number of hydrogen-bond donors (Lipinski definition) is 1. The molecule has 162 valence electrons. The van der Waals surface area contributed by atoms with Gasteiger partial charge in [-0.3, -0.25) is 4.79 Å². The first kappa shape index (κ1) is 21.5. The van der Waals surface area contributed by atoms with E-state index in [9.17, 15) is 22.8 Å². The molecule has 3 rings (SSSR count). The Labute approximate surface area is 169 Å². The lowest BCUT2D eigenvalue weighted by Gasteiger charge is -2.31. The zero-order chi connectivity index (χ0) is 22.1. The highest BCUT2D eigenvalue weighted by atomic mass is 19.4. The smallest absolute Gasteiger partial charge is 0.410 e. The predicted octanol–water partition coefficient (Wildman–Crippen LogP) is 3.25. The maximum atomic E-state index is 13.3. The summed E-state index contributed by atoms with van der Waals surface area (Å²) in [5, 5.41) is 6.60. The van der Waals surface area contributed by atoms with E-state index in [0.29, 0.717) is 11.5 Å². The average Bonchev–Trinajstić information content (AvgIpc) is 3.13. The van der Waals surface area contributed by atoms with Gasteiger partial charge in [0.2, 0.25) is 0 Å². The van der Waals surface area contributed by atoms with Crippen molar-refractivity contribution in [2.45, 2.75) is 31.6 Å². The number of nitrogens with one attached hydrogen (secondary N) is 1. The third-order valence-corrected chi connectivity index (χ3v) is 4.63. The Morgan fingerprint density at radius 1 is 1.20 bits per heavy atom. The standard InChI is InChI=1S/C19H20F3N3O5/c1-10-6-16(19(20,21)22)25-17(23-10)8-12(24-25)18(27)30-9-13(26)11-4-5-14(28-2)15(7-11)29-3/h4-5,7-8,10,16,23H,6,9H2,1-3H3/t10-,16+/m0/s1. The lowest BCUT2D eigenvalue weighted by molar-refractivity contribution is -0.173. The Kier molecular flexibility index (Phi) is 5.90. The number of fused-ring (bicyclic) bond motifs is 1. The minimum Gasteiger partial charge on any atom is -0.493 e. The molecule has 1 aliphatic rings. The van der Waals surface area contributed by atoms with Gasteiger partial charge in [0.25, 0.3) is 0 Å². The predicted molar refractivity (Wildman–Crippen MR) is 99.2 cm³/mol. The highest BCUT2D eigenvalue weighted by Crippen LogP contribution is 2.39. The summed E-state index contributed by atoms with van der Waals surface area (Å²) in [6, 6.07) is 3.32. The second-order valence-electron chi connectivity index (χ2n) is 6.77. The number of benzene rings is 1. The molecule has 0 saturated heterocycles. The van der Waals surface area contributed by atoms with Gasteiger partial charge in [0.1, 0.15) is 5.82 Å². The number of ether oxygens (including phenoxy) is 3. The fourth-order valence-electron chi connectivity index (χ4n) is 3.16. The fourth-order valence-corrected chi connectivity index (χ4v) is 3.16. The third kappa shape index (κ3) is 4.34. The van der Waals surface area contributed by atoms with Crippen LogP contribution in [0.4, 0.5) is 19.0 Å². The van der Waals surface area contributed by atoms with Crippen LogP contribution in [0.5, 0.6) is 11.5 Å². The van der Waals surface area contributed by atoms with Gasteiger partial charge in [-0.15, -0.1) is 0 Å². The van der Waals surface area contributed by atoms with Crippen LogP contribution >= 0.6 is 0 Å². The second kappa shape index (κ2) is 8.25. The first-order chi connectivity index (χ1) is 14.1. The zero-order valence-corrected chi connectivity index (χ0v) is 16.4. The Bertz CT molecular complexity index is 957. The number of alkyl halides is 3. The number of methoxy groups -OCH3 is 2. The molecule has 11 heteroatoms. The van der Waals surface area contributed by atoms with Gasteiger partial charge in [0.15, 0.2) is 35.6 Å². The lowest BCUT2D eigenvalue weighted by atomic mass is 10.1. The molecule has 1 aromatic heterocycles. The van der Waals surface area contributed by atoms with E-state index < -0.39 is 36.6 Å². The van der Waals surface area contributed by atoms with Crippen LogP contribution in [0.15, 0.2) is 24.3 Å². The molecular weight excluding hydrogens is 407 g/mol. The van der Waals surface area contributed by atoms with Crippen LogP contribution in [-0.4, -0.2) is 54.6 Å². The largest absolute Gasteiger partial charge is 0.493 e. The van der Waals surface area contributed by atoms with Crippen molar-refractivity contribution in [2.75, 3.05) is 26.1 Å². The van der Waals surface area contributed by atoms with E-state index in [1.807, 2.05) is 0 Å². The molecule has 1 N–H and O–H groups in total. The molecule has 30 heavy (non-hydrogen) atoms. The number of carbonyl (C=O) groups excluding carboxylic acids is 2. The molecule has 0 amide bonds. The van der Waals surface area contributed by atoms with E-state index in [1.54, 1.807) is 6.92 Å². The summed E-state index contributed by atoms with van der Waals surface area (Å²) in [6.45, 7) is 0.998. The summed E-state index contributed by atoms with van der Waals surface area (Å²) in [5.74, 6) is -0.700. The van der Waals surface area contributed by atoms with Gasteiger partial charge in [-0.25, -0.2) is 9.48 Å². The number of nitrogens with zero attached hydrogens (tertiary/aromatic N) is 2. The lowest BCUT2D eigenvalue weighted by Crippen LogP contribution is -2.37. The molecule has 2 heterocycles. The summed E-state index contributed by atoms with van der Waals surface area (Å²) in [6.07, 6.45) is -4.73. The third-order valence-electron chi connectivity index (χ3n) is 4.63. The van der Waals surface area contributed by atoms with Gasteiger partial charge in [0, 0.05) is 17.7 Å². The molecule has 0 fully saturated rings. The molecule has 0 bridgehead atoms. The van der Waals surface area contributed by atoms with E-state index in [4.69, 9.17) is 14.2 Å². The molecule has 2 atom stereocenters. The maximum Gasteiger partial charge on any atom is 0.410 e. The molecule has 0 radical (unpaired) electrons. The second-order valence-corrected chi connectivity index (χ2v) is 6.77. The summed E-state index contributed by atoms with van der Waals surface area (Å²) in [4.78, 5) is 24.6. The van der Waals surface area contributed by atoms with Crippen LogP contribution in [0.25, 0.3) is 0 Å². The quantitative estimate of drug-likeness (QED) is 0.559. The highest BCUT2D eigenvalue weighted by molar-refractivity contribution is 5.99. The molecule has 0 spiro atoms. The van der Waals surface area contributed by atoms with Gasteiger partial charge >= 0.3 is 12.1 Å². The van der Waals surface area contributed by atoms with E-state index in [-0.39, 0.29) is 23.5 Å². The summed E-state index contributed by atoms with van der Waals surface area (Å²) >= 11 is 0. The Morgan fingerprint density at radius 2 is 1.90 bits per heavy atom. The van der Waals surface area contributed by atoms with Gasteiger partial charge in [-0.1, -0.05) is 0 Å². The molecule has 0 aliphatic carbocycles. The van der Waals surface area contributed by atoms with Crippen molar-refractivity contribution >= 4 is 17.6 Å². The monoisotopic (exact) mass is 427 g/mol. The van der Waals surface area contributed by atoms with Crippen molar-refractivity contribution in [3.8, 4) is 11.5 Å². The molecular formula is C19H20F3N3O5. The van der Waals surface area contributed by atoms with Crippen molar-refractivity contribution in [1.82, 2.24) is 9.78 Å². The summed E-state index contributed by atoms with van der Waals surface area (Å²) in [7, 11) is 2.86. The van der Waals surface area contributed by atoms with Crippen molar-refractivity contribution in [3.05, 3.63) is 35.5 Å². The Balaban J connectivity index is 1.71. The van der Waals surface area contributed by atoms with Gasteiger partial charge < -0.3 is 19.5 Å². The maximum absolute atomic E-state index is 13.3. The van der Waals surface area contributed by atoms with Crippen LogP contribution in [0.2, 0.25) is 0 Å².